The number of thioether (sulfide) groups is 1. The van der Waals surface area contributed by atoms with Crippen molar-refractivity contribution in [1.82, 2.24) is 4.98 Å². The van der Waals surface area contributed by atoms with Crippen molar-refractivity contribution in [2.75, 3.05) is 11.1 Å². The zero-order valence-electron chi connectivity index (χ0n) is 16.0. The van der Waals surface area contributed by atoms with Gasteiger partial charge in [-0.25, -0.2) is 4.98 Å². The Morgan fingerprint density at radius 1 is 1.03 bits per heavy atom. The molecule has 1 heterocycles. The van der Waals surface area contributed by atoms with Crippen LogP contribution < -0.4 is 5.32 Å². The molecule has 0 radical (unpaired) electrons. The number of rotatable bonds is 5. The van der Waals surface area contributed by atoms with Crippen LogP contribution in [0, 0.1) is 13.8 Å². The number of benzene rings is 3. The highest BCUT2D eigenvalue weighted by Gasteiger charge is 2.11. The van der Waals surface area contributed by atoms with E-state index in [0.717, 1.165) is 10.5 Å². The molecular weight excluding hydrogens is 404 g/mol. The van der Waals surface area contributed by atoms with Gasteiger partial charge in [-0.2, -0.15) is 0 Å². The number of nitrogens with zero attached hydrogens (tertiary/aromatic N) is 1. The largest absolute Gasteiger partial charge is 0.436 e. The number of fused-ring (bicyclic) bond motifs is 1. The van der Waals surface area contributed by atoms with Crippen LogP contribution in [0.5, 0.6) is 0 Å². The lowest BCUT2D eigenvalue weighted by molar-refractivity contribution is -0.113. The Kier molecular flexibility index (Phi) is 5.60. The maximum absolute atomic E-state index is 12.3. The molecule has 0 fully saturated rings. The first-order valence-corrected chi connectivity index (χ1v) is 10.5. The van der Waals surface area contributed by atoms with Crippen LogP contribution in [-0.4, -0.2) is 16.6 Å². The topological polar surface area (TPSA) is 55.1 Å². The van der Waals surface area contributed by atoms with Crippen LogP contribution in [0.25, 0.3) is 22.6 Å². The monoisotopic (exact) mass is 422 g/mol. The van der Waals surface area contributed by atoms with E-state index in [1.54, 1.807) is 0 Å². The lowest BCUT2D eigenvalue weighted by Gasteiger charge is -2.05. The fourth-order valence-corrected chi connectivity index (χ4v) is 3.70. The van der Waals surface area contributed by atoms with Gasteiger partial charge in [0.05, 0.1) is 5.75 Å². The number of hydrogen-bond acceptors (Lipinski definition) is 4. The number of aromatic nitrogens is 1. The molecule has 4 nitrogen and oxygen atoms in total. The lowest BCUT2D eigenvalue weighted by atomic mass is 10.1. The van der Waals surface area contributed by atoms with Crippen molar-refractivity contribution < 1.29 is 9.21 Å². The number of aryl methyl sites for hydroxylation is 2. The molecule has 1 amide bonds. The Hall–Kier alpha value is -2.76. The number of carbonyl (C=O) groups is 1. The maximum atomic E-state index is 12.3. The van der Waals surface area contributed by atoms with E-state index in [-0.39, 0.29) is 5.91 Å². The maximum Gasteiger partial charge on any atom is 0.234 e. The molecule has 0 bridgehead atoms. The van der Waals surface area contributed by atoms with Crippen LogP contribution in [0.4, 0.5) is 5.69 Å². The summed E-state index contributed by atoms with van der Waals surface area (Å²) in [4.78, 5) is 17.9. The molecule has 0 saturated heterocycles. The van der Waals surface area contributed by atoms with Gasteiger partial charge < -0.3 is 9.73 Å². The Labute approximate surface area is 178 Å². The molecule has 6 heteroatoms. The normalized spacial score (nSPS) is 11.0. The van der Waals surface area contributed by atoms with E-state index in [4.69, 9.17) is 16.0 Å². The summed E-state index contributed by atoms with van der Waals surface area (Å²) in [6.45, 7) is 4.14. The highest BCUT2D eigenvalue weighted by Crippen LogP contribution is 2.28. The van der Waals surface area contributed by atoms with E-state index >= 15 is 0 Å². The first kappa shape index (κ1) is 19.6. The molecule has 0 unspecified atom stereocenters. The average molecular weight is 423 g/mol. The van der Waals surface area contributed by atoms with Crippen LogP contribution in [0.15, 0.2) is 70.0 Å². The third kappa shape index (κ3) is 4.63. The van der Waals surface area contributed by atoms with E-state index in [9.17, 15) is 4.79 Å². The van der Waals surface area contributed by atoms with Crippen molar-refractivity contribution in [3.63, 3.8) is 0 Å². The van der Waals surface area contributed by atoms with Crippen LogP contribution >= 0.6 is 23.4 Å². The number of oxazole rings is 1. The van der Waals surface area contributed by atoms with Crippen LogP contribution in [0.1, 0.15) is 11.1 Å². The van der Waals surface area contributed by atoms with Gasteiger partial charge in [0, 0.05) is 21.2 Å². The molecule has 1 aromatic heterocycles. The quantitative estimate of drug-likeness (QED) is 0.373. The minimum absolute atomic E-state index is 0.0813. The van der Waals surface area contributed by atoms with Crippen molar-refractivity contribution in [2.24, 2.45) is 0 Å². The van der Waals surface area contributed by atoms with Gasteiger partial charge in [-0.3, -0.25) is 4.79 Å². The average Bonchev–Trinajstić information content (AvgIpc) is 3.13. The summed E-state index contributed by atoms with van der Waals surface area (Å²) in [6.07, 6.45) is 0. The molecule has 3 aromatic carbocycles. The fraction of sp³-hybridized carbons (Fsp3) is 0.130. The molecule has 1 N–H and O–H groups in total. The Bertz CT molecular complexity index is 1190. The number of hydrogen-bond donors (Lipinski definition) is 1. The predicted octanol–water partition coefficient (Wildman–Crippen LogP) is 6.50. The minimum Gasteiger partial charge on any atom is -0.436 e. The summed E-state index contributed by atoms with van der Waals surface area (Å²) in [5, 5.41) is 3.59. The van der Waals surface area contributed by atoms with Gasteiger partial charge in [-0.1, -0.05) is 17.7 Å². The van der Waals surface area contributed by atoms with Gasteiger partial charge in [-0.05, 0) is 79.6 Å². The summed E-state index contributed by atoms with van der Waals surface area (Å²) in [5.41, 5.74) is 5.45. The van der Waals surface area contributed by atoms with Crippen LogP contribution in [0.3, 0.4) is 0 Å². The minimum atomic E-state index is -0.0813. The standard InChI is InChI=1S/C23H19ClN2O2S/c1-14-3-4-16(11-15(14)2)23-26-20-12-18(7-10-21(20)28-23)25-22(27)13-29-19-8-5-17(24)6-9-19/h3-12H,13H2,1-2H3,(H,25,27). The molecule has 4 rings (SSSR count). The highest BCUT2D eigenvalue weighted by molar-refractivity contribution is 8.00. The van der Waals surface area contributed by atoms with Gasteiger partial charge in [-0.15, -0.1) is 11.8 Å². The van der Waals surface area contributed by atoms with Crippen molar-refractivity contribution in [2.45, 2.75) is 18.7 Å². The molecule has 0 aliphatic heterocycles. The summed E-state index contributed by atoms with van der Waals surface area (Å²) in [7, 11) is 0. The Morgan fingerprint density at radius 3 is 2.59 bits per heavy atom. The first-order valence-electron chi connectivity index (χ1n) is 9.14. The van der Waals surface area contributed by atoms with E-state index in [1.165, 1.54) is 22.9 Å². The smallest absolute Gasteiger partial charge is 0.234 e. The van der Waals surface area contributed by atoms with Crippen molar-refractivity contribution in [3.8, 4) is 11.5 Å². The van der Waals surface area contributed by atoms with E-state index in [1.807, 2.05) is 48.5 Å². The van der Waals surface area contributed by atoms with Gasteiger partial charge in [0.2, 0.25) is 11.8 Å². The number of halogens is 1. The van der Waals surface area contributed by atoms with Gasteiger partial charge in [0.25, 0.3) is 0 Å². The van der Waals surface area contributed by atoms with E-state index in [2.05, 4.69) is 36.3 Å². The molecule has 0 aliphatic rings. The second kappa shape index (κ2) is 8.31. The number of anilines is 1. The van der Waals surface area contributed by atoms with Crippen LogP contribution in [-0.2, 0) is 4.79 Å². The third-order valence-corrected chi connectivity index (χ3v) is 5.87. The summed E-state index contributed by atoms with van der Waals surface area (Å²) < 4.78 is 5.89. The van der Waals surface area contributed by atoms with Crippen molar-refractivity contribution >= 4 is 46.1 Å². The lowest BCUT2D eigenvalue weighted by Crippen LogP contribution is -2.13. The third-order valence-electron chi connectivity index (χ3n) is 4.61. The fourth-order valence-electron chi connectivity index (χ4n) is 2.88. The Morgan fingerprint density at radius 2 is 1.83 bits per heavy atom. The molecule has 4 aromatic rings. The zero-order valence-corrected chi connectivity index (χ0v) is 17.6. The molecular formula is C23H19ClN2O2S. The predicted molar refractivity (Wildman–Crippen MR) is 120 cm³/mol. The summed E-state index contributed by atoms with van der Waals surface area (Å²) >= 11 is 7.34. The summed E-state index contributed by atoms with van der Waals surface area (Å²) in [6, 6.07) is 19.0. The first-order chi connectivity index (χ1) is 14.0. The van der Waals surface area contributed by atoms with Crippen molar-refractivity contribution in [3.05, 3.63) is 76.8 Å². The van der Waals surface area contributed by atoms with Crippen molar-refractivity contribution in [1.29, 1.82) is 0 Å². The second-order valence-corrected chi connectivity index (χ2v) is 8.28. The van der Waals surface area contributed by atoms with E-state index in [0.29, 0.717) is 33.5 Å². The summed E-state index contributed by atoms with van der Waals surface area (Å²) in [5.74, 6) is 0.805. The van der Waals surface area contributed by atoms with Crippen LogP contribution in [0.2, 0.25) is 5.02 Å². The second-order valence-electron chi connectivity index (χ2n) is 6.79. The molecule has 0 aliphatic carbocycles. The molecule has 0 saturated carbocycles. The Balaban J connectivity index is 1.46. The molecule has 0 atom stereocenters. The van der Waals surface area contributed by atoms with Gasteiger partial charge >= 0.3 is 0 Å². The molecule has 146 valence electrons. The zero-order chi connectivity index (χ0) is 20.4. The SMILES string of the molecule is Cc1ccc(-c2nc3cc(NC(=O)CSc4ccc(Cl)cc4)ccc3o2)cc1C. The van der Waals surface area contributed by atoms with E-state index < -0.39 is 0 Å². The molecule has 0 spiro atoms. The van der Waals surface area contributed by atoms with Gasteiger partial charge in [0.15, 0.2) is 5.58 Å². The van der Waals surface area contributed by atoms with Gasteiger partial charge in [0.1, 0.15) is 5.52 Å². The number of nitrogens with one attached hydrogen (secondary N) is 1. The number of carbonyl (C=O) groups excluding carboxylic acids is 1. The highest BCUT2D eigenvalue weighted by atomic mass is 35.5. The molecule has 29 heavy (non-hydrogen) atoms. The number of amides is 1.